The normalized spacial score (nSPS) is 14.9. The number of nitrogens with zero attached hydrogens (tertiary/aromatic N) is 1. The molecule has 1 aromatic rings. The van der Waals surface area contributed by atoms with Crippen molar-refractivity contribution in [3.8, 4) is 11.5 Å². The molecule has 4 nitrogen and oxygen atoms in total. The van der Waals surface area contributed by atoms with E-state index >= 15 is 0 Å². The van der Waals surface area contributed by atoms with E-state index in [1.807, 2.05) is 25.1 Å². The summed E-state index contributed by atoms with van der Waals surface area (Å²) in [6, 6.07) is 5.95. The molecular weight excluding hydrogens is 206 g/mol. The van der Waals surface area contributed by atoms with Gasteiger partial charge in [0, 0.05) is 24.3 Å². The molecule has 2 rings (SSSR count). The summed E-state index contributed by atoms with van der Waals surface area (Å²) in [5.74, 6) is 1.57. The van der Waals surface area contributed by atoms with E-state index in [2.05, 4.69) is 11.8 Å². The molecule has 88 valence electrons. The largest absolute Gasteiger partial charge is 0.454 e. The lowest BCUT2D eigenvalue weighted by molar-refractivity contribution is 0.174. The highest BCUT2D eigenvalue weighted by Gasteiger charge is 2.17. The second-order valence-electron chi connectivity index (χ2n) is 3.86. The topological polar surface area (TPSA) is 41.9 Å². The Labute approximate surface area is 95.4 Å². The van der Waals surface area contributed by atoms with Crippen LogP contribution in [0.4, 0.5) is 5.69 Å². The summed E-state index contributed by atoms with van der Waals surface area (Å²) >= 11 is 0. The number of hydrogen-bond donors (Lipinski definition) is 1. The van der Waals surface area contributed by atoms with Gasteiger partial charge in [-0.1, -0.05) is 0 Å². The standard InChI is InChI=1S/C12H17NO3/c1-3-13(9(2)7-14)10-4-5-11-12(6-10)16-8-15-11/h4-6,9,14H,3,7-8H2,1-2H3. The first kappa shape index (κ1) is 11.1. The van der Waals surface area contributed by atoms with Gasteiger partial charge in [-0.05, 0) is 26.0 Å². The number of hydrogen-bond acceptors (Lipinski definition) is 4. The Morgan fingerprint density at radius 1 is 1.38 bits per heavy atom. The third-order valence-electron chi connectivity index (χ3n) is 2.82. The number of likely N-dealkylation sites (N-methyl/N-ethyl adjacent to an activating group) is 1. The molecule has 0 bridgehead atoms. The summed E-state index contributed by atoms with van der Waals surface area (Å²) in [6.07, 6.45) is 0. The van der Waals surface area contributed by atoms with E-state index in [0.717, 1.165) is 23.7 Å². The fourth-order valence-electron chi connectivity index (χ4n) is 1.91. The van der Waals surface area contributed by atoms with E-state index in [9.17, 15) is 5.11 Å². The van der Waals surface area contributed by atoms with Gasteiger partial charge in [-0.15, -0.1) is 0 Å². The van der Waals surface area contributed by atoms with E-state index < -0.39 is 0 Å². The van der Waals surface area contributed by atoms with E-state index in [4.69, 9.17) is 9.47 Å². The van der Waals surface area contributed by atoms with Gasteiger partial charge in [0.15, 0.2) is 11.5 Å². The number of aliphatic hydroxyl groups excluding tert-OH is 1. The van der Waals surface area contributed by atoms with Crippen molar-refractivity contribution in [2.24, 2.45) is 0 Å². The van der Waals surface area contributed by atoms with Crippen molar-refractivity contribution in [2.75, 3.05) is 24.8 Å². The fourth-order valence-corrected chi connectivity index (χ4v) is 1.91. The second-order valence-corrected chi connectivity index (χ2v) is 3.86. The Hall–Kier alpha value is -1.42. The van der Waals surface area contributed by atoms with E-state index in [1.165, 1.54) is 0 Å². The Bertz CT molecular complexity index is 367. The minimum absolute atomic E-state index is 0.102. The molecule has 1 aliphatic heterocycles. The maximum absolute atomic E-state index is 9.19. The molecule has 0 saturated carbocycles. The molecule has 4 heteroatoms. The molecule has 1 aromatic carbocycles. The monoisotopic (exact) mass is 223 g/mol. The van der Waals surface area contributed by atoms with Crippen molar-refractivity contribution >= 4 is 5.69 Å². The maximum Gasteiger partial charge on any atom is 0.231 e. The summed E-state index contributed by atoms with van der Waals surface area (Å²) in [5.41, 5.74) is 1.05. The molecule has 1 heterocycles. The molecule has 0 saturated heterocycles. The minimum Gasteiger partial charge on any atom is -0.454 e. The molecule has 1 aliphatic rings. The van der Waals surface area contributed by atoms with Gasteiger partial charge in [0.2, 0.25) is 6.79 Å². The highest BCUT2D eigenvalue weighted by atomic mass is 16.7. The van der Waals surface area contributed by atoms with Crippen LogP contribution in [0.25, 0.3) is 0 Å². The van der Waals surface area contributed by atoms with Crippen molar-refractivity contribution in [1.29, 1.82) is 0 Å². The fraction of sp³-hybridized carbons (Fsp3) is 0.500. The molecule has 1 unspecified atom stereocenters. The third-order valence-corrected chi connectivity index (χ3v) is 2.82. The number of aliphatic hydroxyl groups is 1. The lowest BCUT2D eigenvalue weighted by Gasteiger charge is -2.28. The smallest absolute Gasteiger partial charge is 0.231 e. The van der Waals surface area contributed by atoms with Gasteiger partial charge in [-0.25, -0.2) is 0 Å². The van der Waals surface area contributed by atoms with Crippen molar-refractivity contribution < 1.29 is 14.6 Å². The molecule has 16 heavy (non-hydrogen) atoms. The molecule has 0 amide bonds. The Morgan fingerprint density at radius 2 is 2.12 bits per heavy atom. The summed E-state index contributed by atoms with van der Waals surface area (Å²) < 4.78 is 10.6. The van der Waals surface area contributed by atoms with Crippen LogP contribution >= 0.6 is 0 Å². The first-order valence-electron chi connectivity index (χ1n) is 5.53. The number of fused-ring (bicyclic) bond motifs is 1. The highest BCUT2D eigenvalue weighted by molar-refractivity contribution is 5.57. The zero-order chi connectivity index (χ0) is 11.5. The van der Waals surface area contributed by atoms with Crippen molar-refractivity contribution in [1.82, 2.24) is 0 Å². The molecular formula is C12H17NO3. The van der Waals surface area contributed by atoms with Crippen molar-refractivity contribution in [3.63, 3.8) is 0 Å². The summed E-state index contributed by atoms with van der Waals surface area (Å²) in [6.45, 7) is 5.34. The molecule has 0 aromatic heterocycles. The van der Waals surface area contributed by atoms with E-state index in [0.29, 0.717) is 6.79 Å². The molecule has 1 N–H and O–H groups in total. The van der Waals surface area contributed by atoms with Gasteiger partial charge in [0.1, 0.15) is 0 Å². The number of anilines is 1. The zero-order valence-corrected chi connectivity index (χ0v) is 9.64. The molecule has 1 atom stereocenters. The van der Waals surface area contributed by atoms with Gasteiger partial charge in [-0.2, -0.15) is 0 Å². The Morgan fingerprint density at radius 3 is 2.81 bits per heavy atom. The predicted molar refractivity (Wildman–Crippen MR) is 62.1 cm³/mol. The van der Waals surface area contributed by atoms with Crippen LogP contribution in [0.2, 0.25) is 0 Å². The van der Waals surface area contributed by atoms with Crippen LogP contribution in [0.5, 0.6) is 11.5 Å². The quantitative estimate of drug-likeness (QED) is 0.842. The van der Waals surface area contributed by atoms with Crippen LogP contribution in [-0.2, 0) is 0 Å². The Balaban J connectivity index is 2.25. The van der Waals surface area contributed by atoms with Gasteiger partial charge < -0.3 is 19.5 Å². The third kappa shape index (κ3) is 1.93. The lowest BCUT2D eigenvalue weighted by Crippen LogP contribution is -2.35. The average molecular weight is 223 g/mol. The molecule has 0 aliphatic carbocycles. The van der Waals surface area contributed by atoms with Crippen LogP contribution in [0.3, 0.4) is 0 Å². The van der Waals surface area contributed by atoms with E-state index in [1.54, 1.807) is 0 Å². The average Bonchev–Trinajstić information content (AvgIpc) is 2.77. The molecule has 0 fully saturated rings. The molecule has 0 radical (unpaired) electrons. The maximum atomic E-state index is 9.19. The van der Waals surface area contributed by atoms with E-state index in [-0.39, 0.29) is 12.6 Å². The Kier molecular flexibility index (Phi) is 3.19. The van der Waals surface area contributed by atoms with Crippen LogP contribution < -0.4 is 14.4 Å². The van der Waals surface area contributed by atoms with Crippen LogP contribution in [0.1, 0.15) is 13.8 Å². The van der Waals surface area contributed by atoms with Crippen LogP contribution in [-0.4, -0.2) is 31.1 Å². The first-order valence-corrected chi connectivity index (χ1v) is 5.53. The summed E-state index contributed by atoms with van der Waals surface area (Å²) in [4.78, 5) is 2.13. The number of benzene rings is 1. The van der Waals surface area contributed by atoms with Gasteiger partial charge in [0.05, 0.1) is 6.61 Å². The molecule has 0 spiro atoms. The van der Waals surface area contributed by atoms with Gasteiger partial charge in [-0.3, -0.25) is 0 Å². The second kappa shape index (κ2) is 4.61. The number of ether oxygens (including phenoxy) is 2. The van der Waals surface area contributed by atoms with Crippen LogP contribution in [0, 0.1) is 0 Å². The first-order chi connectivity index (χ1) is 7.76. The summed E-state index contributed by atoms with van der Waals surface area (Å²) in [5, 5.41) is 9.19. The lowest BCUT2D eigenvalue weighted by atomic mass is 10.2. The number of rotatable bonds is 4. The highest BCUT2D eigenvalue weighted by Crippen LogP contribution is 2.35. The van der Waals surface area contributed by atoms with Crippen molar-refractivity contribution in [2.45, 2.75) is 19.9 Å². The van der Waals surface area contributed by atoms with Gasteiger partial charge >= 0.3 is 0 Å². The minimum atomic E-state index is 0.102. The predicted octanol–water partition coefficient (Wildman–Crippen LogP) is 1.62. The summed E-state index contributed by atoms with van der Waals surface area (Å²) in [7, 11) is 0. The zero-order valence-electron chi connectivity index (χ0n) is 9.64. The SMILES string of the molecule is CCN(c1ccc2c(c1)OCO2)C(C)CO. The van der Waals surface area contributed by atoms with Crippen molar-refractivity contribution in [3.05, 3.63) is 18.2 Å². The van der Waals surface area contributed by atoms with Gasteiger partial charge in [0.25, 0.3) is 0 Å². The van der Waals surface area contributed by atoms with Crippen LogP contribution in [0.15, 0.2) is 18.2 Å².